The molecule has 1 unspecified atom stereocenters. The molecule has 17 heavy (non-hydrogen) atoms. The first kappa shape index (κ1) is 12.8. The molecule has 0 heterocycles. The normalized spacial score (nSPS) is 23.0. The van der Waals surface area contributed by atoms with Crippen molar-refractivity contribution < 1.29 is 9.90 Å². The molecule has 2 aliphatic carbocycles. The third-order valence-electron chi connectivity index (χ3n) is 3.95. The Bertz CT molecular complexity index is 260. The van der Waals surface area contributed by atoms with Gasteiger partial charge in [-0.1, -0.05) is 12.8 Å². The third kappa shape index (κ3) is 3.42. The molecule has 2 rings (SSSR count). The second-order valence-electron chi connectivity index (χ2n) is 5.36. The van der Waals surface area contributed by atoms with Crippen LogP contribution in [0.1, 0.15) is 45.4 Å². The molecule has 98 valence electrons. The maximum Gasteiger partial charge on any atom is 0.237 e. The smallest absolute Gasteiger partial charge is 0.237 e. The van der Waals surface area contributed by atoms with Gasteiger partial charge < -0.3 is 10.4 Å². The Balaban J connectivity index is 1.83. The van der Waals surface area contributed by atoms with E-state index in [1.54, 1.807) is 0 Å². The van der Waals surface area contributed by atoms with Crippen LogP contribution in [0.4, 0.5) is 0 Å². The average molecular weight is 240 g/mol. The molecule has 0 aliphatic heterocycles. The Morgan fingerprint density at radius 1 is 1.35 bits per heavy atom. The van der Waals surface area contributed by atoms with Crippen molar-refractivity contribution in [2.75, 3.05) is 13.2 Å². The minimum Gasteiger partial charge on any atom is -0.395 e. The number of amides is 1. The summed E-state index contributed by atoms with van der Waals surface area (Å²) in [7, 11) is 0. The fraction of sp³-hybridized carbons (Fsp3) is 0.923. The van der Waals surface area contributed by atoms with E-state index in [2.05, 4.69) is 10.2 Å². The minimum absolute atomic E-state index is 0.102. The SMILES string of the molecule is CC(C(=O)NC1CCCC1)N(CCO)C1CC1. The molecular weight excluding hydrogens is 216 g/mol. The van der Waals surface area contributed by atoms with Gasteiger partial charge in [0, 0.05) is 18.6 Å². The molecule has 4 heteroatoms. The quantitative estimate of drug-likeness (QED) is 0.725. The van der Waals surface area contributed by atoms with E-state index in [-0.39, 0.29) is 18.6 Å². The van der Waals surface area contributed by atoms with Crippen LogP contribution < -0.4 is 5.32 Å². The fourth-order valence-electron chi connectivity index (χ4n) is 2.76. The van der Waals surface area contributed by atoms with E-state index >= 15 is 0 Å². The van der Waals surface area contributed by atoms with Crippen LogP contribution in [-0.4, -0.2) is 47.2 Å². The average Bonchev–Trinajstić information content (AvgIpc) is 3.03. The van der Waals surface area contributed by atoms with Crippen molar-refractivity contribution in [3.63, 3.8) is 0 Å². The third-order valence-corrected chi connectivity index (χ3v) is 3.95. The summed E-state index contributed by atoms with van der Waals surface area (Å²) in [6.07, 6.45) is 7.07. The van der Waals surface area contributed by atoms with Gasteiger partial charge in [0.05, 0.1) is 12.6 Å². The van der Waals surface area contributed by atoms with E-state index in [1.165, 1.54) is 25.7 Å². The standard InChI is InChI=1S/C13H24N2O2/c1-10(15(8-9-16)12-6-7-12)13(17)14-11-4-2-3-5-11/h10-12,16H,2-9H2,1H3,(H,14,17). The molecule has 0 aromatic carbocycles. The summed E-state index contributed by atoms with van der Waals surface area (Å²) in [5.74, 6) is 0.136. The van der Waals surface area contributed by atoms with Crippen LogP contribution >= 0.6 is 0 Å². The lowest BCUT2D eigenvalue weighted by Gasteiger charge is -2.28. The van der Waals surface area contributed by atoms with E-state index in [1.807, 2.05) is 6.92 Å². The molecule has 2 fully saturated rings. The van der Waals surface area contributed by atoms with Gasteiger partial charge in [-0.2, -0.15) is 0 Å². The number of aliphatic hydroxyl groups excluding tert-OH is 1. The molecule has 2 N–H and O–H groups in total. The Morgan fingerprint density at radius 2 is 2.00 bits per heavy atom. The molecule has 1 atom stereocenters. The zero-order valence-electron chi connectivity index (χ0n) is 10.7. The van der Waals surface area contributed by atoms with Crippen LogP contribution in [0.15, 0.2) is 0 Å². The van der Waals surface area contributed by atoms with E-state index in [0.29, 0.717) is 18.6 Å². The molecule has 1 amide bonds. The van der Waals surface area contributed by atoms with Crippen LogP contribution in [0.3, 0.4) is 0 Å². The number of hydrogen-bond donors (Lipinski definition) is 2. The van der Waals surface area contributed by atoms with Gasteiger partial charge in [-0.05, 0) is 32.6 Å². The fourth-order valence-corrected chi connectivity index (χ4v) is 2.76. The monoisotopic (exact) mass is 240 g/mol. The Labute approximate surface area is 103 Å². The number of rotatable bonds is 6. The largest absolute Gasteiger partial charge is 0.395 e. The summed E-state index contributed by atoms with van der Waals surface area (Å²) >= 11 is 0. The number of nitrogens with one attached hydrogen (secondary N) is 1. The van der Waals surface area contributed by atoms with Crippen LogP contribution in [0.2, 0.25) is 0 Å². The topological polar surface area (TPSA) is 52.6 Å². The summed E-state index contributed by atoms with van der Waals surface area (Å²) in [6.45, 7) is 2.71. The summed E-state index contributed by atoms with van der Waals surface area (Å²) < 4.78 is 0. The lowest BCUT2D eigenvalue weighted by molar-refractivity contribution is -0.127. The van der Waals surface area contributed by atoms with Crippen molar-refractivity contribution in [1.82, 2.24) is 10.2 Å². The molecule has 4 nitrogen and oxygen atoms in total. The molecule has 0 spiro atoms. The maximum absolute atomic E-state index is 12.1. The van der Waals surface area contributed by atoms with Gasteiger partial charge in [0.15, 0.2) is 0 Å². The van der Waals surface area contributed by atoms with Gasteiger partial charge in [0.25, 0.3) is 0 Å². The van der Waals surface area contributed by atoms with Crippen molar-refractivity contribution >= 4 is 5.91 Å². The van der Waals surface area contributed by atoms with Crippen molar-refractivity contribution in [1.29, 1.82) is 0 Å². The maximum atomic E-state index is 12.1. The van der Waals surface area contributed by atoms with E-state index < -0.39 is 0 Å². The molecule has 2 saturated carbocycles. The first-order valence-electron chi connectivity index (χ1n) is 6.89. The molecule has 2 aliphatic rings. The van der Waals surface area contributed by atoms with E-state index in [9.17, 15) is 4.79 Å². The minimum atomic E-state index is -0.102. The van der Waals surface area contributed by atoms with Crippen molar-refractivity contribution in [3.05, 3.63) is 0 Å². The van der Waals surface area contributed by atoms with Crippen molar-refractivity contribution in [2.24, 2.45) is 0 Å². The van der Waals surface area contributed by atoms with Gasteiger partial charge in [0.1, 0.15) is 0 Å². The molecular formula is C13H24N2O2. The number of nitrogens with zero attached hydrogens (tertiary/aromatic N) is 1. The molecule has 0 aromatic rings. The Kier molecular flexibility index (Phi) is 4.40. The lowest BCUT2D eigenvalue weighted by Crippen LogP contribution is -2.49. The second kappa shape index (κ2) is 5.83. The predicted octanol–water partition coefficient (Wildman–Crippen LogP) is 0.890. The van der Waals surface area contributed by atoms with Crippen molar-refractivity contribution in [3.8, 4) is 0 Å². The first-order valence-corrected chi connectivity index (χ1v) is 6.89. The summed E-state index contributed by atoms with van der Waals surface area (Å²) in [5.41, 5.74) is 0. The van der Waals surface area contributed by atoms with Gasteiger partial charge in [-0.25, -0.2) is 0 Å². The van der Waals surface area contributed by atoms with Crippen molar-refractivity contribution in [2.45, 2.75) is 63.6 Å². The second-order valence-corrected chi connectivity index (χ2v) is 5.36. The number of carbonyl (C=O) groups is 1. The Hall–Kier alpha value is -0.610. The Morgan fingerprint density at radius 3 is 2.53 bits per heavy atom. The number of hydrogen-bond acceptors (Lipinski definition) is 3. The highest BCUT2D eigenvalue weighted by Crippen LogP contribution is 2.28. The summed E-state index contributed by atoms with van der Waals surface area (Å²) in [6, 6.07) is 0.807. The van der Waals surface area contributed by atoms with Gasteiger partial charge >= 0.3 is 0 Å². The zero-order chi connectivity index (χ0) is 12.3. The summed E-state index contributed by atoms with van der Waals surface area (Å²) in [4.78, 5) is 14.3. The number of carbonyl (C=O) groups excluding carboxylic acids is 1. The molecule has 0 bridgehead atoms. The highest BCUT2D eigenvalue weighted by atomic mass is 16.3. The van der Waals surface area contributed by atoms with Crippen LogP contribution in [0.5, 0.6) is 0 Å². The van der Waals surface area contributed by atoms with Crippen LogP contribution in [0, 0.1) is 0 Å². The summed E-state index contributed by atoms with van der Waals surface area (Å²) in [5, 5.41) is 12.2. The number of aliphatic hydroxyl groups is 1. The van der Waals surface area contributed by atoms with E-state index in [0.717, 1.165) is 12.8 Å². The highest BCUT2D eigenvalue weighted by molar-refractivity contribution is 5.81. The van der Waals surface area contributed by atoms with Gasteiger partial charge in [-0.15, -0.1) is 0 Å². The highest BCUT2D eigenvalue weighted by Gasteiger charge is 2.35. The first-order chi connectivity index (χ1) is 8.22. The molecule has 0 radical (unpaired) electrons. The van der Waals surface area contributed by atoms with Gasteiger partial charge in [-0.3, -0.25) is 9.69 Å². The van der Waals surface area contributed by atoms with E-state index in [4.69, 9.17) is 5.11 Å². The van der Waals surface area contributed by atoms with Gasteiger partial charge in [0.2, 0.25) is 5.91 Å². The predicted molar refractivity (Wildman–Crippen MR) is 66.7 cm³/mol. The zero-order valence-corrected chi connectivity index (χ0v) is 10.7. The molecule has 0 aromatic heterocycles. The molecule has 0 saturated heterocycles. The van der Waals surface area contributed by atoms with Crippen LogP contribution in [-0.2, 0) is 4.79 Å². The lowest BCUT2D eigenvalue weighted by atomic mass is 10.2. The van der Waals surface area contributed by atoms with Crippen LogP contribution in [0.25, 0.3) is 0 Å².